The van der Waals surface area contributed by atoms with Gasteiger partial charge in [0, 0.05) is 16.9 Å². The maximum atomic E-state index is 14.9. The standard InChI is InChI=1S/C37H50F2/c1-26-4-11-30(12-5-26)32-15-8-28(9-16-32)10-17-34-35(38)24-29(25-36(34)39)18-21-37(3)22-19-33(20-23-37)31-13-6-27(2)7-14-31/h24-28,30-33H,4-9,11-16,19-20,22-23H2,1-3H3. The van der Waals surface area contributed by atoms with E-state index in [9.17, 15) is 8.78 Å². The molecule has 0 amide bonds. The van der Waals surface area contributed by atoms with Crippen molar-refractivity contribution < 1.29 is 8.78 Å². The van der Waals surface area contributed by atoms with E-state index in [1.54, 1.807) is 0 Å². The first-order chi connectivity index (χ1) is 18.8. The molecule has 4 fully saturated rings. The normalized spacial score (nSPS) is 37.2. The highest BCUT2D eigenvalue weighted by Crippen LogP contribution is 2.45. The summed E-state index contributed by atoms with van der Waals surface area (Å²) in [5.74, 6) is 17.0. The van der Waals surface area contributed by atoms with Crippen LogP contribution in [0.1, 0.15) is 135 Å². The Morgan fingerprint density at radius 1 is 0.615 bits per heavy atom. The minimum atomic E-state index is -0.572. The van der Waals surface area contributed by atoms with E-state index in [1.165, 1.54) is 89.2 Å². The van der Waals surface area contributed by atoms with Crippen molar-refractivity contribution in [3.8, 4) is 23.7 Å². The van der Waals surface area contributed by atoms with Crippen LogP contribution in [0, 0.1) is 82.2 Å². The molecule has 0 unspecified atom stereocenters. The van der Waals surface area contributed by atoms with Gasteiger partial charge < -0.3 is 0 Å². The Morgan fingerprint density at radius 3 is 1.54 bits per heavy atom. The predicted molar refractivity (Wildman–Crippen MR) is 158 cm³/mol. The van der Waals surface area contributed by atoms with E-state index in [1.807, 2.05) is 0 Å². The van der Waals surface area contributed by atoms with E-state index in [0.29, 0.717) is 5.56 Å². The van der Waals surface area contributed by atoms with Gasteiger partial charge in [-0.25, -0.2) is 8.78 Å². The first-order valence-electron chi connectivity index (χ1n) is 16.3. The highest BCUT2D eigenvalue weighted by Gasteiger charge is 2.34. The van der Waals surface area contributed by atoms with E-state index in [2.05, 4.69) is 44.5 Å². The quantitative estimate of drug-likeness (QED) is 0.332. The zero-order valence-corrected chi connectivity index (χ0v) is 24.8. The maximum Gasteiger partial charge on any atom is 0.143 e. The molecule has 2 heteroatoms. The largest absolute Gasteiger partial charge is 0.205 e. The third-order valence-electron chi connectivity index (χ3n) is 11.3. The topological polar surface area (TPSA) is 0 Å². The van der Waals surface area contributed by atoms with Gasteiger partial charge in [0.1, 0.15) is 11.6 Å². The molecule has 0 heterocycles. The molecule has 39 heavy (non-hydrogen) atoms. The van der Waals surface area contributed by atoms with E-state index >= 15 is 0 Å². The average molecular weight is 533 g/mol. The molecule has 4 saturated carbocycles. The molecule has 1 aromatic rings. The summed E-state index contributed by atoms with van der Waals surface area (Å²) in [6, 6.07) is 2.78. The fraction of sp³-hybridized carbons (Fsp3) is 0.730. The second kappa shape index (κ2) is 12.8. The van der Waals surface area contributed by atoms with Gasteiger partial charge in [-0.1, -0.05) is 63.2 Å². The lowest BCUT2D eigenvalue weighted by atomic mass is 9.65. The Kier molecular flexibility index (Phi) is 9.42. The van der Waals surface area contributed by atoms with Gasteiger partial charge in [-0.15, -0.1) is 0 Å². The Morgan fingerprint density at radius 2 is 1.05 bits per heavy atom. The Labute approximate surface area is 237 Å². The molecular formula is C37H50F2. The van der Waals surface area contributed by atoms with Crippen LogP contribution in [0.5, 0.6) is 0 Å². The smallest absolute Gasteiger partial charge is 0.143 e. The highest BCUT2D eigenvalue weighted by atomic mass is 19.1. The first-order valence-corrected chi connectivity index (χ1v) is 16.3. The maximum absolute atomic E-state index is 14.9. The lowest BCUT2D eigenvalue weighted by Gasteiger charge is -2.39. The Hall–Kier alpha value is -1.80. The van der Waals surface area contributed by atoms with Crippen molar-refractivity contribution in [1.82, 2.24) is 0 Å². The van der Waals surface area contributed by atoms with Gasteiger partial charge >= 0.3 is 0 Å². The molecular weight excluding hydrogens is 482 g/mol. The fourth-order valence-electron chi connectivity index (χ4n) is 8.29. The summed E-state index contributed by atoms with van der Waals surface area (Å²) >= 11 is 0. The van der Waals surface area contributed by atoms with Crippen molar-refractivity contribution in [1.29, 1.82) is 0 Å². The zero-order valence-electron chi connectivity index (χ0n) is 24.8. The summed E-state index contributed by atoms with van der Waals surface area (Å²) in [6.45, 7) is 7.00. The predicted octanol–water partition coefficient (Wildman–Crippen LogP) is 10.3. The van der Waals surface area contributed by atoms with Gasteiger partial charge in [0.2, 0.25) is 0 Å². The molecule has 212 valence electrons. The van der Waals surface area contributed by atoms with Gasteiger partial charge in [0.05, 0.1) is 5.56 Å². The van der Waals surface area contributed by atoms with Crippen molar-refractivity contribution in [2.75, 3.05) is 0 Å². The lowest BCUT2D eigenvalue weighted by Crippen LogP contribution is -2.29. The molecule has 4 aliphatic carbocycles. The van der Waals surface area contributed by atoms with Crippen LogP contribution in [0.15, 0.2) is 12.1 Å². The van der Waals surface area contributed by atoms with Crippen LogP contribution in [0.25, 0.3) is 0 Å². The summed E-state index contributed by atoms with van der Waals surface area (Å²) in [4.78, 5) is 0. The number of rotatable bonds is 2. The van der Waals surface area contributed by atoms with Crippen LogP contribution in [0.2, 0.25) is 0 Å². The second-order valence-electron chi connectivity index (χ2n) is 14.4. The van der Waals surface area contributed by atoms with Gasteiger partial charge in [-0.05, 0) is 132 Å². The molecule has 0 bridgehead atoms. The minimum Gasteiger partial charge on any atom is -0.205 e. The van der Waals surface area contributed by atoms with E-state index < -0.39 is 11.6 Å². The summed E-state index contributed by atoms with van der Waals surface area (Å²) < 4.78 is 29.9. The van der Waals surface area contributed by atoms with Gasteiger partial charge in [0.15, 0.2) is 0 Å². The molecule has 4 aliphatic rings. The first kappa shape index (κ1) is 28.7. The van der Waals surface area contributed by atoms with Crippen LogP contribution < -0.4 is 0 Å². The summed E-state index contributed by atoms with van der Waals surface area (Å²) in [6.07, 6.45) is 20.3. The average Bonchev–Trinajstić information content (AvgIpc) is 2.93. The fourth-order valence-corrected chi connectivity index (χ4v) is 8.29. The van der Waals surface area contributed by atoms with Crippen molar-refractivity contribution in [3.63, 3.8) is 0 Å². The monoisotopic (exact) mass is 532 g/mol. The second-order valence-corrected chi connectivity index (χ2v) is 14.4. The molecule has 5 rings (SSSR count). The van der Waals surface area contributed by atoms with Crippen LogP contribution in [-0.2, 0) is 0 Å². The summed E-state index contributed by atoms with van der Waals surface area (Å²) in [5, 5.41) is 0. The van der Waals surface area contributed by atoms with Crippen LogP contribution in [0.3, 0.4) is 0 Å². The molecule has 0 atom stereocenters. The summed E-state index contributed by atoms with van der Waals surface area (Å²) in [5.41, 5.74) is 0.290. The Balaban J connectivity index is 1.14. The third-order valence-corrected chi connectivity index (χ3v) is 11.3. The van der Waals surface area contributed by atoms with E-state index in [-0.39, 0.29) is 16.9 Å². The Bertz CT molecular complexity index is 1050. The molecule has 1 aromatic carbocycles. The number of hydrogen-bond donors (Lipinski definition) is 0. The molecule has 0 aliphatic heterocycles. The van der Waals surface area contributed by atoms with Gasteiger partial charge in [-0.2, -0.15) is 0 Å². The number of hydrogen-bond acceptors (Lipinski definition) is 0. The summed E-state index contributed by atoms with van der Waals surface area (Å²) in [7, 11) is 0. The molecule has 0 saturated heterocycles. The number of benzene rings is 1. The molecule has 0 spiro atoms. The molecule has 0 nitrogen and oxygen atoms in total. The van der Waals surface area contributed by atoms with E-state index in [4.69, 9.17) is 0 Å². The van der Waals surface area contributed by atoms with Crippen LogP contribution in [-0.4, -0.2) is 0 Å². The highest BCUT2D eigenvalue weighted by molar-refractivity contribution is 5.45. The SMILES string of the molecule is CC1CCC(C2CCC(C#Cc3c(F)cc(C#CC4(C)CCC(C5CCC(C)CC5)CC4)cc3F)CC2)CC1. The van der Waals surface area contributed by atoms with E-state index in [0.717, 1.165) is 61.2 Å². The molecule has 0 N–H and O–H groups in total. The van der Waals surface area contributed by atoms with Gasteiger partial charge in [0.25, 0.3) is 0 Å². The van der Waals surface area contributed by atoms with Gasteiger partial charge in [-0.3, -0.25) is 0 Å². The lowest BCUT2D eigenvalue weighted by molar-refractivity contribution is 0.134. The van der Waals surface area contributed by atoms with Crippen molar-refractivity contribution in [2.24, 2.45) is 46.8 Å². The van der Waals surface area contributed by atoms with Crippen molar-refractivity contribution in [3.05, 3.63) is 34.9 Å². The van der Waals surface area contributed by atoms with Crippen molar-refractivity contribution in [2.45, 2.75) is 124 Å². The molecule has 0 aromatic heterocycles. The van der Waals surface area contributed by atoms with Crippen molar-refractivity contribution >= 4 is 0 Å². The van der Waals surface area contributed by atoms with Crippen LogP contribution >= 0.6 is 0 Å². The molecule has 0 radical (unpaired) electrons. The minimum absolute atomic E-state index is 0.0569. The number of halogens is 2. The zero-order chi connectivity index (χ0) is 27.4. The third kappa shape index (κ3) is 7.49. The van der Waals surface area contributed by atoms with Crippen LogP contribution in [0.4, 0.5) is 8.78 Å².